The smallest absolute Gasteiger partial charge is 0.449 e. The van der Waals surface area contributed by atoms with Crippen LogP contribution in [0.5, 0.6) is 0 Å². The van der Waals surface area contributed by atoms with Gasteiger partial charge in [-0.05, 0) is 11.5 Å². The van der Waals surface area contributed by atoms with Gasteiger partial charge in [0, 0.05) is 0 Å². The van der Waals surface area contributed by atoms with Gasteiger partial charge in [0.05, 0.1) is 0 Å². The SMILES string of the molecule is CC(C[B-](F)(F)F)c1ccccc1.[K+]. The summed E-state index contributed by atoms with van der Waals surface area (Å²) < 4.78 is 36.2. The molecule has 0 N–H and O–H groups in total. The molecular weight excluding hydrogens is 215 g/mol. The van der Waals surface area contributed by atoms with E-state index in [1.807, 2.05) is 0 Å². The molecule has 0 amide bonds. The van der Waals surface area contributed by atoms with Crippen molar-refractivity contribution in [2.45, 2.75) is 19.2 Å². The monoisotopic (exact) mass is 226 g/mol. The van der Waals surface area contributed by atoms with Crippen LogP contribution in [0.15, 0.2) is 30.3 Å². The van der Waals surface area contributed by atoms with Gasteiger partial charge >= 0.3 is 58.4 Å². The molecule has 1 aromatic carbocycles. The normalized spacial score (nSPS) is 13.1. The van der Waals surface area contributed by atoms with E-state index in [9.17, 15) is 12.9 Å². The molecule has 0 aromatic heterocycles. The van der Waals surface area contributed by atoms with Crippen molar-refractivity contribution < 1.29 is 64.3 Å². The Morgan fingerprint density at radius 3 is 2.07 bits per heavy atom. The third-order valence-electron chi connectivity index (χ3n) is 1.99. The van der Waals surface area contributed by atoms with E-state index in [0.29, 0.717) is 0 Å². The van der Waals surface area contributed by atoms with Crippen LogP contribution in [0.2, 0.25) is 6.32 Å². The van der Waals surface area contributed by atoms with E-state index >= 15 is 0 Å². The molecule has 0 saturated heterocycles. The first-order valence-electron chi connectivity index (χ1n) is 4.25. The number of rotatable bonds is 3. The fourth-order valence-electron chi connectivity index (χ4n) is 1.32. The Labute approximate surface area is 125 Å². The Kier molecular flexibility index (Phi) is 6.65. The van der Waals surface area contributed by atoms with E-state index in [4.69, 9.17) is 0 Å². The van der Waals surface area contributed by atoms with Gasteiger partial charge in [-0.15, -0.1) is 0 Å². The van der Waals surface area contributed by atoms with Crippen molar-refractivity contribution in [2.24, 2.45) is 0 Å². The minimum atomic E-state index is -4.67. The second-order valence-electron chi connectivity index (χ2n) is 3.26. The van der Waals surface area contributed by atoms with Gasteiger partial charge in [-0.25, -0.2) is 0 Å². The van der Waals surface area contributed by atoms with Gasteiger partial charge in [-0.2, -0.15) is 0 Å². The van der Waals surface area contributed by atoms with E-state index in [-0.39, 0.29) is 51.4 Å². The van der Waals surface area contributed by atoms with E-state index in [1.165, 1.54) is 0 Å². The Balaban J connectivity index is 0.00000169. The maximum Gasteiger partial charge on any atom is 1.00 e. The van der Waals surface area contributed by atoms with Crippen molar-refractivity contribution in [1.82, 2.24) is 0 Å². The topological polar surface area (TPSA) is 0 Å². The molecule has 0 saturated carbocycles. The summed E-state index contributed by atoms with van der Waals surface area (Å²) in [5, 5.41) is 0. The first-order chi connectivity index (χ1) is 5.99. The molecular formula is C9H11BF3K. The third-order valence-corrected chi connectivity index (χ3v) is 1.99. The number of hydrogen-bond donors (Lipinski definition) is 0. The zero-order chi connectivity index (χ0) is 9.90. The Morgan fingerprint density at radius 1 is 1.14 bits per heavy atom. The molecule has 0 aliphatic rings. The molecule has 0 fully saturated rings. The van der Waals surface area contributed by atoms with Crippen molar-refractivity contribution in [2.75, 3.05) is 0 Å². The summed E-state index contributed by atoms with van der Waals surface area (Å²) in [6, 6.07) is 8.78. The fraction of sp³-hybridized carbons (Fsp3) is 0.333. The van der Waals surface area contributed by atoms with Crippen LogP contribution in [-0.2, 0) is 0 Å². The summed E-state index contributed by atoms with van der Waals surface area (Å²) in [5.74, 6) is -0.429. The molecule has 5 heteroatoms. The van der Waals surface area contributed by atoms with Crippen molar-refractivity contribution in [3.05, 3.63) is 35.9 Å². The quantitative estimate of drug-likeness (QED) is 0.663. The molecule has 72 valence electrons. The van der Waals surface area contributed by atoms with Crippen LogP contribution in [0.4, 0.5) is 12.9 Å². The van der Waals surface area contributed by atoms with Crippen molar-refractivity contribution >= 4 is 6.98 Å². The first-order valence-corrected chi connectivity index (χ1v) is 4.25. The van der Waals surface area contributed by atoms with Gasteiger partial charge in [0.2, 0.25) is 0 Å². The van der Waals surface area contributed by atoms with E-state index < -0.39 is 19.2 Å². The van der Waals surface area contributed by atoms with E-state index in [0.717, 1.165) is 5.56 Å². The van der Waals surface area contributed by atoms with Crippen LogP contribution < -0.4 is 51.4 Å². The van der Waals surface area contributed by atoms with Crippen LogP contribution in [0.3, 0.4) is 0 Å². The molecule has 0 aliphatic heterocycles. The van der Waals surface area contributed by atoms with Crippen molar-refractivity contribution in [3.8, 4) is 0 Å². The number of halogens is 3. The van der Waals surface area contributed by atoms with E-state index in [2.05, 4.69) is 0 Å². The van der Waals surface area contributed by atoms with Crippen molar-refractivity contribution in [3.63, 3.8) is 0 Å². The summed E-state index contributed by atoms with van der Waals surface area (Å²) in [5.41, 5.74) is 0.752. The standard InChI is InChI=1S/C9H11BF3.K/c1-8(7-10(11,12)13)9-5-3-2-4-6-9;/h2-6,8H,7H2,1H3;/q-1;+1. The van der Waals surface area contributed by atoms with Gasteiger partial charge in [-0.3, -0.25) is 0 Å². The molecule has 0 spiro atoms. The second-order valence-corrected chi connectivity index (χ2v) is 3.26. The molecule has 0 nitrogen and oxygen atoms in total. The average molecular weight is 226 g/mol. The Bertz CT molecular complexity index is 261. The van der Waals surface area contributed by atoms with Crippen LogP contribution in [0, 0.1) is 0 Å². The van der Waals surface area contributed by atoms with Crippen molar-refractivity contribution in [1.29, 1.82) is 0 Å². The molecule has 0 bridgehead atoms. The molecule has 0 aliphatic carbocycles. The van der Waals surface area contributed by atoms with Gasteiger partial charge in [0.25, 0.3) is 0 Å². The van der Waals surface area contributed by atoms with Gasteiger partial charge < -0.3 is 12.9 Å². The number of hydrogen-bond acceptors (Lipinski definition) is 0. The first kappa shape index (κ1) is 14.7. The van der Waals surface area contributed by atoms with Crippen LogP contribution >= 0.6 is 0 Å². The molecule has 1 atom stereocenters. The van der Waals surface area contributed by atoms with Gasteiger partial charge in [0.15, 0.2) is 0 Å². The van der Waals surface area contributed by atoms with Gasteiger partial charge in [-0.1, -0.05) is 43.6 Å². The Morgan fingerprint density at radius 2 is 1.64 bits per heavy atom. The summed E-state index contributed by atoms with van der Waals surface area (Å²) in [6.07, 6.45) is -0.690. The summed E-state index contributed by atoms with van der Waals surface area (Å²) >= 11 is 0. The van der Waals surface area contributed by atoms with Gasteiger partial charge in [0.1, 0.15) is 0 Å². The summed E-state index contributed by atoms with van der Waals surface area (Å²) in [7, 11) is 0. The minimum Gasteiger partial charge on any atom is -0.449 e. The maximum absolute atomic E-state index is 12.1. The summed E-state index contributed by atoms with van der Waals surface area (Å²) in [6.45, 7) is -3.07. The average Bonchev–Trinajstić information content (AvgIpc) is 2.03. The largest absolute Gasteiger partial charge is 1.00 e. The zero-order valence-electron chi connectivity index (χ0n) is 8.38. The molecule has 0 heterocycles. The fourth-order valence-corrected chi connectivity index (χ4v) is 1.32. The number of benzene rings is 1. The molecule has 0 radical (unpaired) electrons. The molecule has 14 heavy (non-hydrogen) atoms. The Hall–Kier alpha value is 0.711. The van der Waals surface area contributed by atoms with Crippen LogP contribution in [0.1, 0.15) is 18.4 Å². The zero-order valence-corrected chi connectivity index (χ0v) is 11.5. The predicted octanol–water partition coefficient (Wildman–Crippen LogP) is 0.641. The van der Waals surface area contributed by atoms with Crippen LogP contribution in [0.25, 0.3) is 0 Å². The molecule has 1 aromatic rings. The van der Waals surface area contributed by atoms with Crippen LogP contribution in [-0.4, -0.2) is 6.98 Å². The second kappa shape index (κ2) is 6.33. The predicted molar refractivity (Wildman–Crippen MR) is 48.7 cm³/mol. The van der Waals surface area contributed by atoms with E-state index in [1.54, 1.807) is 37.3 Å². The minimum absolute atomic E-state index is 0. The molecule has 1 rings (SSSR count). The maximum atomic E-state index is 12.1. The third kappa shape index (κ3) is 5.56. The molecule has 1 unspecified atom stereocenters. The summed E-state index contributed by atoms with van der Waals surface area (Å²) in [4.78, 5) is 0.